The molecular formula is C15H22N3O9S3+. The van der Waals surface area contributed by atoms with E-state index in [1.54, 1.807) is 18.0 Å². The Morgan fingerprint density at radius 1 is 1.13 bits per heavy atom. The predicted octanol–water partition coefficient (Wildman–Crippen LogP) is 3.75. The van der Waals surface area contributed by atoms with Crippen LogP contribution in [-0.2, 0) is 14.4 Å². The number of rotatable bonds is 6. The van der Waals surface area contributed by atoms with E-state index >= 15 is 0 Å². The largest absolute Gasteiger partial charge is 0.331 e. The van der Waals surface area contributed by atoms with Crippen molar-refractivity contribution >= 4 is 49.3 Å². The van der Waals surface area contributed by atoms with Gasteiger partial charge in [-0.15, -0.1) is 0 Å². The molecule has 3 atom stereocenters. The Morgan fingerprint density at radius 3 is 2.13 bits per heavy atom. The average Bonchev–Trinajstić information content (AvgIpc) is 2.64. The van der Waals surface area contributed by atoms with Crippen LogP contribution in [0.4, 0.5) is 17.1 Å². The zero-order chi connectivity index (χ0) is 22.9. The lowest BCUT2D eigenvalue weighted by molar-refractivity contribution is -0.697. The lowest BCUT2D eigenvalue weighted by Crippen LogP contribution is -2.31. The molecule has 0 aromatic heterocycles. The fourth-order valence-electron chi connectivity index (χ4n) is 3.01. The van der Waals surface area contributed by atoms with E-state index in [-0.39, 0.29) is 15.4 Å². The van der Waals surface area contributed by atoms with E-state index in [0.29, 0.717) is 17.9 Å². The molecule has 1 aliphatic rings. The van der Waals surface area contributed by atoms with Crippen LogP contribution in [0.1, 0.15) is 26.7 Å². The van der Waals surface area contributed by atoms with Crippen LogP contribution in [0.2, 0.25) is 0 Å². The number of benzene rings is 1. The van der Waals surface area contributed by atoms with E-state index in [9.17, 15) is 38.1 Å². The second kappa shape index (κ2) is 9.03. The molecule has 1 aliphatic heterocycles. The van der Waals surface area contributed by atoms with Crippen LogP contribution in [0.3, 0.4) is 0 Å². The monoisotopic (exact) mass is 484 g/mol. The van der Waals surface area contributed by atoms with E-state index in [2.05, 4.69) is 0 Å². The van der Waals surface area contributed by atoms with Gasteiger partial charge in [0, 0.05) is 22.5 Å². The Labute approximate surface area is 178 Å². The number of nitrogens with zero attached hydrogens (tertiary/aromatic N) is 3. The standard InChI is InChI=1S/C15H21N3O9S3/c1-10-11(2)29(3,7-5-4-6-28-10)27-18(23)12-8-13(16(19)20)15(30(24,25)26)14(9-12)17(21)22/h8-11H,4-7H2,1-3H3/p+1. The Hall–Kier alpha value is -1.97. The molecule has 0 saturated carbocycles. The number of hydrogen-bond donors (Lipinski definition) is 1. The first-order chi connectivity index (χ1) is 13.8. The molecule has 2 rings (SSSR count). The summed E-state index contributed by atoms with van der Waals surface area (Å²) < 4.78 is 37.9. The number of nitro groups is 2. The van der Waals surface area contributed by atoms with Gasteiger partial charge in [0.1, 0.15) is 12.1 Å². The summed E-state index contributed by atoms with van der Waals surface area (Å²) in [6.45, 7) is 3.96. The Kier molecular flexibility index (Phi) is 7.32. The minimum absolute atomic E-state index is 0.0127. The van der Waals surface area contributed by atoms with Crippen LogP contribution in [0.15, 0.2) is 17.0 Å². The molecule has 1 N–H and O–H groups in total. The van der Waals surface area contributed by atoms with Crippen molar-refractivity contribution in [3.8, 4) is 0 Å². The second-order valence-electron chi connectivity index (χ2n) is 6.90. The molecule has 15 heteroatoms. The van der Waals surface area contributed by atoms with Crippen molar-refractivity contribution in [1.82, 2.24) is 0 Å². The van der Waals surface area contributed by atoms with Gasteiger partial charge in [0.25, 0.3) is 4.92 Å². The first-order valence-electron chi connectivity index (χ1n) is 8.75. The zero-order valence-corrected chi connectivity index (χ0v) is 18.9. The molecule has 1 aromatic carbocycles. The van der Waals surface area contributed by atoms with Crippen LogP contribution in [0, 0.1) is 25.1 Å². The van der Waals surface area contributed by atoms with Crippen LogP contribution in [0.5, 0.6) is 0 Å². The van der Waals surface area contributed by atoms with Gasteiger partial charge in [-0.2, -0.15) is 24.5 Å². The highest BCUT2D eigenvalue weighted by Crippen LogP contribution is 2.55. The molecule has 1 saturated heterocycles. The van der Waals surface area contributed by atoms with Gasteiger partial charge in [-0.25, -0.2) is 0 Å². The second-order valence-corrected chi connectivity index (χ2v) is 13.2. The van der Waals surface area contributed by atoms with E-state index in [0.717, 1.165) is 18.6 Å². The van der Waals surface area contributed by atoms with E-state index in [1.165, 1.54) is 0 Å². The van der Waals surface area contributed by atoms with Crippen LogP contribution in [0.25, 0.3) is 0 Å². The summed E-state index contributed by atoms with van der Waals surface area (Å²) in [5, 5.41) is 22.8. The summed E-state index contributed by atoms with van der Waals surface area (Å²) >= 11 is 1.75. The third-order valence-corrected chi connectivity index (χ3v) is 11.0. The van der Waals surface area contributed by atoms with Gasteiger partial charge in [0.15, 0.2) is 0 Å². The van der Waals surface area contributed by atoms with Gasteiger partial charge in [0.2, 0.25) is 4.90 Å². The molecular weight excluding hydrogens is 462 g/mol. The Balaban J connectivity index is 2.54. The lowest BCUT2D eigenvalue weighted by Gasteiger charge is -2.39. The molecule has 0 aliphatic carbocycles. The third-order valence-electron chi connectivity index (χ3n) is 4.91. The highest BCUT2D eigenvalue weighted by molar-refractivity contribution is 8.30. The molecule has 0 spiro atoms. The van der Waals surface area contributed by atoms with Crippen LogP contribution < -0.4 is 0 Å². The fraction of sp³-hybridized carbons (Fsp3) is 0.600. The summed E-state index contributed by atoms with van der Waals surface area (Å²) in [6, 6.07) is 1.08. The van der Waals surface area contributed by atoms with Crippen LogP contribution >= 0.6 is 22.1 Å². The zero-order valence-electron chi connectivity index (χ0n) is 16.4. The van der Waals surface area contributed by atoms with Crippen molar-refractivity contribution in [3.05, 3.63) is 37.3 Å². The van der Waals surface area contributed by atoms with Gasteiger partial charge >= 0.3 is 27.2 Å². The lowest BCUT2D eigenvalue weighted by atomic mass is 10.2. The SMILES string of the molecule is CC1SCCCCS(C)(O[N+](=O)c2cc([N+](=O)[O-])c(S(=O)(=O)O)c([N+](=O)[O-])c2)C1C. The molecule has 1 fully saturated rings. The number of thioether (sulfide) groups is 1. The number of nitro benzene ring substituents is 2. The van der Waals surface area contributed by atoms with Gasteiger partial charge in [-0.3, -0.25) is 24.8 Å². The Bertz CT molecular complexity index is 950. The van der Waals surface area contributed by atoms with Gasteiger partial charge < -0.3 is 0 Å². The normalized spacial score (nSPS) is 27.2. The maximum atomic E-state index is 12.7. The van der Waals surface area contributed by atoms with Crippen molar-refractivity contribution in [2.24, 2.45) is 0 Å². The maximum absolute atomic E-state index is 12.7. The summed E-state index contributed by atoms with van der Waals surface area (Å²) in [5.41, 5.74) is -3.19. The maximum Gasteiger partial charge on any atom is 0.331 e. The molecule has 0 radical (unpaired) electrons. The summed E-state index contributed by atoms with van der Waals surface area (Å²) in [6.07, 6.45) is 3.55. The molecule has 1 aromatic rings. The Morgan fingerprint density at radius 2 is 1.67 bits per heavy atom. The topological polar surface area (TPSA) is 170 Å². The smallest absolute Gasteiger partial charge is 0.281 e. The highest BCUT2D eigenvalue weighted by Gasteiger charge is 2.43. The number of hydrogen-bond acceptors (Lipinski definition) is 9. The predicted molar refractivity (Wildman–Crippen MR) is 113 cm³/mol. The van der Waals surface area contributed by atoms with Gasteiger partial charge in [-0.1, -0.05) is 13.8 Å². The summed E-state index contributed by atoms with van der Waals surface area (Å²) in [5.74, 6) is 1.59. The third kappa shape index (κ3) is 5.19. The minimum Gasteiger partial charge on any atom is -0.281 e. The van der Waals surface area contributed by atoms with E-state index in [1.807, 2.05) is 13.8 Å². The van der Waals surface area contributed by atoms with Gasteiger partial charge in [0.05, 0.1) is 14.8 Å². The van der Waals surface area contributed by atoms with E-state index in [4.69, 9.17) is 4.28 Å². The van der Waals surface area contributed by atoms with E-state index < -0.39 is 52.2 Å². The summed E-state index contributed by atoms with van der Waals surface area (Å²) in [7, 11) is -7.30. The van der Waals surface area contributed by atoms with Crippen molar-refractivity contribution in [2.75, 3.05) is 17.8 Å². The van der Waals surface area contributed by atoms with Crippen molar-refractivity contribution in [2.45, 2.75) is 42.1 Å². The molecule has 12 nitrogen and oxygen atoms in total. The van der Waals surface area contributed by atoms with Crippen molar-refractivity contribution in [1.29, 1.82) is 0 Å². The van der Waals surface area contributed by atoms with Crippen molar-refractivity contribution < 1.29 is 32.0 Å². The average molecular weight is 485 g/mol. The summed E-state index contributed by atoms with van der Waals surface area (Å²) in [4.78, 5) is 31.4. The highest BCUT2D eigenvalue weighted by atomic mass is 32.3. The molecule has 1 heterocycles. The first-order valence-corrected chi connectivity index (χ1v) is 13.4. The minimum atomic E-state index is -5.30. The molecule has 168 valence electrons. The molecule has 30 heavy (non-hydrogen) atoms. The molecule has 3 unspecified atom stereocenters. The fourth-order valence-corrected chi connectivity index (χ4v) is 8.33. The first kappa shape index (κ1) is 24.3. The van der Waals surface area contributed by atoms with Gasteiger partial charge in [-0.05, 0) is 28.9 Å². The molecule has 0 bridgehead atoms. The van der Waals surface area contributed by atoms with Crippen LogP contribution in [-0.4, -0.2) is 56.0 Å². The quantitative estimate of drug-likeness (QED) is 0.356. The molecule has 0 amide bonds. The van der Waals surface area contributed by atoms with Crippen molar-refractivity contribution in [3.63, 3.8) is 0 Å².